The van der Waals surface area contributed by atoms with Crippen LogP contribution in [0.5, 0.6) is 0 Å². The van der Waals surface area contributed by atoms with Gasteiger partial charge in [-0.05, 0) is 20.3 Å². The standard InChI is InChI=1S/C22H23F4N3O4/c1-12(31)19-21(33)28-4-3-22(2,26)7-15(10-28)29(19)9-13(11-30)20(32)27-8-16-17(24)5-14(23)6-18(16)25/h5-6,9,11,15,31H,3-4,7-8,10H2,1-2H3,(H,27,32)/b13-9+,19-12+. The number of rotatable bonds is 5. The molecule has 3 rings (SSSR count). The molecule has 2 atom stereocenters. The molecule has 0 radical (unpaired) electrons. The van der Waals surface area contributed by atoms with E-state index in [4.69, 9.17) is 0 Å². The molecular weight excluding hydrogens is 446 g/mol. The topological polar surface area (TPSA) is 90.0 Å². The van der Waals surface area contributed by atoms with Crippen molar-refractivity contribution in [3.8, 4) is 0 Å². The Bertz CT molecular complexity index is 1030. The maximum absolute atomic E-state index is 14.9. The SMILES string of the molecule is C/C(O)=C1/C(=O)N2CCC(C)(F)CC(C2)N1/C=C(\C=O)C(=O)NCc1c(F)cc(F)cc1F. The van der Waals surface area contributed by atoms with Gasteiger partial charge in [0.15, 0.2) is 6.29 Å². The highest BCUT2D eigenvalue weighted by atomic mass is 19.2. The molecular formula is C22H23F4N3O4. The average Bonchev–Trinajstić information content (AvgIpc) is 2.85. The third-order valence-corrected chi connectivity index (χ3v) is 5.68. The zero-order chi connectivity index (χ0) is 24.5. The molecule has 11 heteroatoms. The third kappa shape index (κ3) is 5.18. The molecule has 2 heterocycles. The Balaban J connectivity index is 1.90. The lowest BCUT2D eigenvalue weighted by atomic mass is 9.95. The van der Waals surface area contributed by atoms with Gasteiger partial charge >= 0.3 is 0 Å². The summed E-state index contributed by atoms with van der Waals surface area (Å²) < 4.78 is 55.6. The van der Waals surface area contributed by atoms with E-state index >= 15 is 0 Å². The molecule has 0 saturated carbocycles. The first kappa shape index (κ1) is 24.3. The van der Waals surface area contributed by atoms with Crippen molar-refractivity contribution in [3.63, 3.8) is 0 Å². The van der Waals surface area contributed by atoms with E-state index in [-0.39, 0.29) is 43.7 Å². The van der Waals surface area contributed by atoms with Crippen LogP contribution in [0.3, 0.4) is 0 Å². The maximum atomic E-state index is 14.9. The van der Waals surface area contributed by atoms with E-state index in [1.165, 1.54) is 23.6 Å². The summed E-state index contributed by atoms with van der Waals surface area (Å²) in [5.74, 6) is -5.55. The molecule has 1 aromatic rings. The zero-order valence-electron chi connectivity index (χ0n) is 18.0. The minimum absolute atomic E-state index is 0.0379. The Labute approximate surface area is 187 Å². The number of allylic oxidation sites excluding steroid dienone is 1. The van der Waals surface area contributed by atoms with E-state index in [1.54, 1.807) is 0 Å². The highest BCUT2D eigenvalue weighted by Gasteiger charge is 2.44. The van der Waals surface area contributed by atoms with Crippen molar-refractivity contribution in [1.29, 1.82) is 0 Å². The molecule has 1 aromatic carbocycles. The number of nitrogens with zero attached hydrogens (tertiary/aromatic N) is 2. The predicted molar refractivity (Wildman–Crippen MR) is 109 cm³/mol. The van der Waals surface area contributed by atoms with Crippen molar-refractivity contribution in [2.75, 3.05) is 13.1 Å². The van der Waals surface area contributed by atoms with Crippen LogP contribution in [-0.4, -0.2) is 57.8 Å². The quantitative estimate of drug-likeness (QED) is 0.173. The number of nitrogens with one attached hydrogen (secondary N) is 1. The van der Waals surface area contributed by atoms with Gasteiger partial charge in [0.25, 0.3) is 11.8 Å². The first-order chi connectivity index (χ1) is 15.4. The lowest BCUT2D eigenvalue weighted by Crippen LogP contribution is -2.52. The summed E-state index contributed by atoms with van der Waals surface area (Å²) in [7, 11) is 0. The van der Waals surface area contributed by atoms with Gasteiger partial charge in [-0.1, -0.05) is 0 Å². The molecule has 0 aromatic heterocycles. The number of aldehydes is 1. The van der Waals surface area contributed by atoms with Gasteiger partial charge in [0.1, 0.15) is 34.6 Å². The Morgan fingerprint density at radius 1 is 1.30 bits per heavy atom. The van der Waals surface area contributed by atoms with E-state index in [9.17, 15) is 37.1 Å². The predicted octanol–water partition coefficient (Wildman–Crippen LogP) is 2.63. The second kappa shape index (κ2) is 9.24. The molecule has 2 N–H and O–H groups in total. The number of piperazine rings is 1. The van der Waals surface area contributed by atoms with Crippen LogP contribution in [0.2, 0.25) is 0 Å². The number of carbonyl (C=O) groups is 3. The molecule has 2 aliphatic heterocycles. The van der Waals surface area contributed by atoms with Gasteiger partial charge < -0.3 is 20.2 Å². The first-order valence-electron chi connectivity index (χ1n) is 10.2. The summed E-state index contributed by atoms with van der Waals surface area (Å²) in [6.07, 6.45) is 1.22. The van der Waals surface area contributed by atoms with Crippen molar-refractivity contribution in [3.05, 3.63) is 58.4 Å². The van der Waals surface area contributed by atoms with Crippen LogP contribution in [0, 0.1) is 17.5 Å². The second-order valence-corrected chi connectivity index (χ2v) is 8.35. The minimum Gasteiger partial charge on any atom is -0.510 e. The van der Waals surface area contributed by atoms with Crippen molar-refractivity contribution >= 4 is 18.1 Å². The van der Waals surface area contributed by atoms with Crippen molar-refractivity contribution in [1.82, 2.24) is 15.1 Å². The van der Waals surface area contributed by atoms with Crippen LogP contribution in [0.15, 0.2) is 35.4 Å². The molecule has 2 bridgehead atoms. The fraction of sp³-hybridized carbons (Fsp3) is 0.409. The lowest BCUT2D eigenvalue weighted by molar-refractivity contribution is -0.132. The van der Waals surface area contributed by atoms with Gasteiger partial charge in [0.05, 0.1) is 11.6 Å². The molecule has 2 saturated heterocycles. The van der Waals surface area contributed by atoms with E-state index in [0.29, 0.717) is 12.1 Å². The Morgan fingerprint density at radius 3 is 2.52 bits per heavy atom. The van der Waals surface area contributed by atoms with Gasteiger partial charge in [-0.2, -0.15) is 0 Å². The number of carbonyl (C=O) groups excluding carboxylic acids is 3. The van der Waals surface area contributed by atoms with E-state index in [2.05, 4.69) is 5.32 Å². The second-order valence-electron chi connectivity index (χ2n) is 8.35. The Morgan fingerprint density at radius 2 is 1.94 bits per heavy atom. The summed E-state index contributed by atoms with van der Waals surface area (Å²) in [6.45, 7) is 2.22. The molecule has 0 spiro atoms. The van der Waals surface area contributed by atoms with E-state index in [1.807, 2.05) is 0 Å². The summed E-state index contributed by atoms with van der Waals surface area (Å²) in [5, 5.41) is 12.3. The highest BCUT2D eigenvalue weighted by Crippen LogP contribution is 2.35. The number of aliphatic hydroxyl groups excluding tert-OH is 1. The highest BCUT2D eigenvalue weighted by molar-refractivity contribution is 6.10. The van der Waals surface area contributed by atoms with Gasteiger partial charge in [0, 0.05) is 50.0 Å². The largest absolute Gasteiger partial charge is 0.510 e. The van der Waals surface area contributed by atoms with Crippen LogP contribution in [0.4, 0.5) is 17.6 Å². The number of aliphatic hydroxyl groups is 1. The maximum Gasteiger partial charge on any atom is 0.274 e. The first-order valence-corrected chi connectivity index (χ1v) is 10.2. The Hall–Kier alpha value is -3.37. The molecule has 33 heavy (non-hydrogen) atoms. The number of hydrogen-bond donors (Lipinski definition) is 2. The number of halogens is 4. The number of hydrogen-bond acceptors (Lipinski definition) is 5. The fourth-order valence-electron chi connectivity index (χ4n) is 4.00. The molecule has 2 amide bonds. The number of amides is 2. The normalized spacial score (nSPS) is 25.0. The van der Waals surface area contributed by atoms with Gasteiger partial charge in [-0.25, -0.2) is 17.6 Å². The average molecular weight is 469 g/mol. The monoisotopic (exact) mass is 469 g/mol. The summed E-state index contributed by atoms with van der Waals surface area (Å²) in [4.78, 5) is 39.6. The molecule has 2 fully saturated rings. The minimum atomic E-state index is -1.63. The molecule has 2 unspecified atom stereocenters. The van der Waals surface area contributed by atoms with Crippen LogP contribution >= 0.6 is 0 Å². The number of fused-ring (bicyclic) bond motifs is 2. The van der Waals surface area contributed by atoms with Crippen LogP contribution in [-0.2, 0) is 20.9 Å². The van der Waals surface area contributed by atoms with Crippen molar-refractivity contribution in [2.45, 2.75) is 44.9 Å². The molecule has 0 aliphatic carbocycles. The van der Waals surface area contributed by atoms with Crippen molar-refractivity contribution in [2.24, 2.45) is 0 Å². The third-order valence-electron chi connectivity index (χ3n) is 5.68. The van der Waals surface area contributed by atoms with E-state index in [0.717, 1.165) is 6.20 Å². The van der Waals surface area contributed by atoms with Crippen molar-refractivity contribution < 1.29 is 37.1 Å². The van der Waals surface area contributed by atoms with Gasteiger partial charge in [-0.15, -0.1) is 0 Å². The molecule has 178 valence electrons. The Kier molecular flexibility index (Phi) is 6.80. The van der Waals surface area contributed by atoms with Gasteiger partial charge in [0.2, 0.25) is 0 Å². The smallest absolute Gasteiger partial charge is 0.274 e. The summed E-state index contributed by atoms with van der Waals surface area (Å²) >= 11 is 0. The number of alkyl halides is 1. The number of benzene rings is 1. The van der Waals surface area contributed by atoms with E-state index < -0.39 is 58.7 Å². The van der Waals surface area contributed by atoms with Gasteiger partial charge in [-0.3, -0.25) is 14.4 Å². The molecule has 7 nitrogen and oxygen atoms in total. The van der Waals surface area contributed by atoms with Crippen LogP contribution in [0.25, 0.3) is 0 Å². The van der Waals surface area contributed by atoms with Crippen LogP contribution in [0.1, 0.15) is 32.3 Å². The lowest BCUT2D eigenvalue weighted by Gasteiger charge is -2.41. The zero-order valence-corrected chi connectivity index (χ0v) is 18.0. The van der Waals surface area contributed by atoms with Crippen LogP contribution < -0.4 is 5.32 Å². The molecule has 2 aliphatic rings. The fourth-order valence-corrected chi connectivity index (χ4v) is 4.00. The summed E-state index contributed by atoms with van der Waals surface area (Å²) in [5.41, 5.74) is -2.97. The summed E-state index contributed by atoms with van der Waals surface area (Å²) in [6, 6.07) is 0.229.